The van der Waals surface area contributed by atoms with Crippen molar-refractivity contribution < 1.29 is 17.9 Å². The van der Waals surface area contributed by atoms with Crippen LogP contribution in [0.4, 0.5) is 5.69 Å². The monoisotopic (exact) mass is 479 g/mol. The topological polar surface area (TPSA) is 91.6 Å². The minimum absolute atomic E-state index is 0.209. The molecule has 0 unspecified atom stereocenters. The van der Waals surface area contributed by atoms with Crippen molar-refractivity contribution in [2.24, 2.45) is 14.1 Å². The van der Waals surface area contributed by atoms with E-state index in [1.807, 2.05) is 36.4 Å². The molecule has 1 fully saturated rings. The Labute approximate surface area is 197 Å². The maximum Gasteiger partial charge on any atom is 0.328 e. The van der Waals surface area contributed by atoms with Crippen LogP contribution in [0.2, 0.25) is 0 Å². The zero-order valence-electron chi connectivity index (χ0n) is 18.9. The molecule has 1 saturated carbocycles. The number of nitrogens with zero attached hydrogens (tertiary/aromatic N) is 2. The van der Waals surface area contributed by atoms with Gasteiger partial charge in [0.05, 0.1) is 22.0 Å². The van der Waals surface area contributed by atoms with E-state index in [1.165, 1.54) is 9.13 Å². The molecule has 9 heteroatoms. The lowest BCUT2D eigenvalue weighted by Crippen LogP contribution is -2.19. The molecule has 4 aromatic rings. The van der Waals surface area contributed by atoms with E-state index in [0.29, 0.717) is 47.7 Å². The largest absolute Gasteiger partial charge is 0.489 e. The minimum Gasteiger partial charge on any atom is -0.489 e. The maximum atomic E-state index is 12.7. The number of ether oxygens (including phenoxy) is 2. The molecule has 1 aliphatic rings. The highest BCUT2D eigenvalue weighted by Crippen LogP contribution is 2.37. The SMILES string of the molecule is Cn1c(=O)n(C)c2cc(Oc3cccc(OCc4ccccc4)c3)c(NS(=O)(=O)C3CC3)cc21. The van der Waals surface area contributed by atoms with Gasteiger partial charge in [-0.1, -0.05) is 36.4 Å². The molecule has 176 valence electrons. The third-order valence-electron chi connectivity index (χ3n) is 5.87. The molecule has 0 spiro atoms. The predicted octanol–water partition coefficient (Wildman–Crippen LogP) is 4.15. The molecule has 1 heterocycles. The summed E-state index contributed by atoms with van der Waals surface area (Å²) >= 11 is 0. The van der Waals surface area contributed by atoms with E-state index in [-0.39, 0.29) is 11.4 Å². The molecule has 0 atom stereocenters. The van der Waals surface area contributed by atoms with Crippen molar-refractivity contribution in [1.29, 1.82) is 0 Å². The highest BCUT2D eigenvalue weighted by atomic mass is 32.2. The summed E-state index contributed by atoms with van der Waals surface area (Å²) in [4.78, 5) is 12.4. The molecule has 1 aliphatic carbocycles. The van der Waals surface area contributed by atoms with E-state index < -0.39 is 15.3 Å². The number of fused-ring (bicyclic) bond motifs is 1. The highest BCUT2D eigenvalue weighted by molar-refractivity contribution is 7.93. The number of benzene rings is 3. The van der Waals surface area contributed by atoms with Crippen molar-refractivity contribution in [3.63, 3.8) is 0 Å². The van der Waals surface area contributed by atoms with Crippen LogP contribution < -0.4 is 19.9 Å². The zero-order chi connectivity index (χ0) is 23.9. The van der Waals surface area contributed by atoms with E-state index in [0.717, 1.165) is 5.56 Å². The molecular formula is C25H25N3O5S. The molecule has 0 radical (unpaired) electrons. The summed E-state index contributed by atoms with van der Waals surface area (Å²) in [7, 11) is -0.218. The lowest BCUT2D eigenvalue weighted by Gasteiger charge is -2.15. The first-order chi connectivity index (χ1) is 16.3. The summed E-state index contributed by atoms with van der Waals surface area (Å²) < 4.78 is 43.0. The van der Waals surface area contributed by atoms with Crippen LogP contribution in [0.15, 0.2) is 71.5 Å². The summed E-state index contributed by atoms with van der Waals surface area (Å²) in [6.45, 7) is 0.412. The Balaban J connectivity index is 1.48. The fourth-order valence-corrected chi connectivity index (χ4v) is 5.19. The number of anilines is 1. The van der Waals surface area contributed by atoms with E-state index in [2.05, 4.69) is 4.72 Å². The predicted molar refractivity (Wildman–Crippen MR) is 131 cm³/mol. The summed E-state index contributed by atoms with van der Waals surface area (Å²) in [6.07, 6.45) is 1.27. The van der Waals surface area contributed by atoms with Gasteiger partial charge in [0, 0.05) is 26.2 Å². The third-order valence-corrected chi connectivity index (χ3v) is 7.72. The maximum absolute atomic E-state index is 12.7. The molecule has 34 heavy (non-hydrogen) atoms. The molecule has 0 bridgehead atoms. The Bertz CT molecular complexity index is 1520. The summed E-state index contributed by atoms with van der Waals surface area (Å²) in [6, 6.07) is 20.3. The van der Waals surface area contributed by atoms with Crippen molar-refractivity contribution >= 4 is 26.7 Å². The first-order valence-electron chi connectivity index (χ1n) is 11.0. The molecule has 0 aliphatic heterocycles. The van der Waals surface area contributed by atoms with E-state index in [4.69, 9.17) is 9.47 Å². The average molecular weight is 480 g/mol. The number of sulfonamides is 1. The number of nitrogens with one attached hydrogen (secondary N) is 1. The van der Waals surface area contributed by atoms with Gasteiger partial charge < -0.3 is 9.47 Å². The molecule has 1 aromatic heterocycles. The molecule has 5 rings (SSSR count). The summed E-state index contributed by atoms with van der Waals surface area (Å²) in [5, 5.41) is -0.398. The lowest BCUT2D eigenvalue weighted by molar-refractivity contribution is 0.304. The minimum atomic E-state index is -3.54. The number of aryl methyl sites for hydroxylation is 2. The summed E-state index contributed by atoms with van der Waals surface area (Å²) in [5.41, 5.74) is 2.36. The van der Waals surface area contributed by atoms with Crippen LogP contribution >= 0.6 is 0 Å². The second-order valence-electron chi connectivity index (χ2n) is 8.44. The van der Waals surface area contributed by atoms with Crippen LogP contribution in [0.3, 0.4) is 0 Å². The second kappa shape index (κ2) is 8.57. The Kier molecular flexibility index (Phi) is 5.57. The number of rotatable bonds is 8. The van der Waals surface area contributed by atoms with Gasteiger partial charge in [-0.25, -0.2) is 13.2 Å². The standard InChI is InChI=1S/C25H25N3O5S/c1-27-22-14-21(26-34(30,31)20-11-12-20)24(15-23(22)28(2)25(27)29)33-19-10-6-9-18(13-19)32-16-17-7-4-3-5-8-17/h3-10,13-15,20,26H,11-12,16H2,1-2H3. The van der Waals surface area contributed by atoms with Gasteiger partial charge in [0.2, 0.25) is 10.0 Å². The first kappa shape index (κ1) is 22.1. The Morgan fingerprint density at radius 3 is 2.29 bits per heavy atom. The highest BCUT2D eigenvalue weighted by Gasteiger charge is 2.36. The van der Waals surface area contributed by atoms with Crippen LogP contribution in [-0.4, -0.2) is 22.8 Å². The van der Waals surface area contributed by atoms with Gasteiger partial charge in [-0.3, -0.25) is 13.9 Å². The van der Waals surface area contributed by atoms with Crippen LogP contribution in [0, 0.1) is 0 Å². The second-order valence-corrected chi connectivity index (χ2v) is 10.4. The molecular weight excluding hydrogens is 454 g/mol. The molecule has 8 nitrogen and oxygen atoms in total. The van der Waals surface area contributed by atoms with Crippen molar-refractivity contribution in [3.05, 3.63) is 82.8 Å². The van der Waals surface area contributed by atoms with Gasteiger partial charge in [-0.15, -0.1) is 0 Å². The molecule has 0 amide bonds. The Hall–Kier alpha value is -3.72. The summed E-state index contributed by atoms with van der Waals surface area (Å²) in [5.74, 6) is 1.41. The fourth-order valence-electron chi connectivity index (χ4n) is 3.80. The molecule has 0 saturated heterocycles. The average Bonchev–Trinajstić information content (AvgIpc) is 3.67. The first-order valence-corrected chi connectivity index (χ1v) is 12.5. The van der Waals surface area contributed by atoms with Gasteiger partial charge in [0.15, 0.2) is 5.75 Å². The van der Waals surface area contributed by atoms with E-state index in [1.54, 1.807) is 44.4 Å². The smallest absolute Gasteiger partial charge is 0.328 e. The number of imidazole rings is 1. The normalized spacial score (nSPS) is 13.7. The molecule has 1 N–H and O–H groups in total. The van der Waals surface area contributed by atoms with Crippen LogP contribution in [0.5, 0.6) is 17.2 Å². The Morgan fingerprint density at radius 1 is 0.912 bits per heavy atom. The quantitative estimate of drug-likeness (QED) is 0.410. The van der Waals surface area contributed by atoms with Crippen LogP contribution in [0.25, 0.3) is 11.0 Å². The van der Waals surface area contributed by atoms with Crippen LogP contribution in [-0.2, 0) is 30.7 Å². The van der Waals surface area contributed by atoms with Gasteiger partial charge in [-0.2, -0.15) is 0 Å². The zero-order valence-corrected chi connectivity index (χ0v) is 19.7. The van der Waals surface area contributed by atoms with Gasteiger partial charge in [0.1, 0.15) is 18.1 Å². The van der Waals surface area contributed by atoms with Crippen LogP contribution in [0.1, 0.15) is 18.4 Å². The number of aromatic nitrogens is 2. The lowest BCUT2D eigenvalue weighted by atomic mass is 10.2. The van der Waals surface area contributed by atoms with Crippen molar-refractivity contribution in [1.82, 2.24) is 9.13 Å². The molecule has 3 aromatic carbocycles. The number of hydrogen-bond acceptors (Lipinski definition) is 5. The fraction of sp³-hybridized carbons (Fsp3) is 0.240. The van der Waals surface area contributed by atoms with Crippen molar-refractivity contribution in [3.8, 4) is 17.2 Å². The van der Waals surface area contributed by atoms with Gasteiger partial charge in [0.25, 0.3) is 0 Å². The Morgan fingerprint density at radius 2 is 1.59 bits per heavy atom. The third kappa shape index (κ3) is 4.38. The number of hydrogen-bond donors (Lipinski definition) is 1. The van der Waals surface area contributed by atoms with Gasteiger partial charge >= 0.3 is 5.69 Å². The van der Waals surface area contributed by atoms with E-state index >= 15 is 0 Å². The van der Waals surface area contributed by atoms with Gasteiger partial charge in [-0.05, 0) is 36.6 Å². The van der Waals surface area contributed by atoms with E-state index in [9.17, 15) is 13.2 Å². The van der Waals surface area contributed by atoms with Crippen molar-refractivity contribution in [2.45, 2.75) is 24.7 Å². The van der Waals surface area contributed by atoms with Crippen molar-refractivity contribution in [2.75, 3.05) is 4.72 Å².